The zero-order valence-electron chi connectivity index (χ0n) is 11.5. The molecule has 1 rings (SSSR count). The molecule has 5 heteroatoms. The second kappa shape index (κ2) is 7.60. The normalized spacial score (nSPS) is 10.8. The first-order valence-electron chi connectivity index (χ1n) is 6.19. The van der Waals surface area contributed by atoms with Crippen molar-refractivity contribution in [3.8, 4) is 0 Å². The summed E-state index contributed by atoms with van der Waals surface area (Å²) in [5, 5.41) is 0. The fourth-order valence-electron chi connectivity index (χ4n) is 1.73. The van der Waals surface area contributed by atoms with Gasteiger partial charge in [0.25, 0.3) is 5.91 Å². The van der Waals surface area contributed by atoms with Gasteiger partial charge in [0.15, 0.2) is 0 Å². The number of nitrogens with zero attached hydrogens (tertiary/aromatic N) is 1. The lowest BCUT2D eigenvalue weighted by Crippen LogP contribution is -2.36. The molecule has 19 heavy (non-hydrogen) atoms. The monoisotopic (exact) mass is 331 g/mol. The van der Waals surface area contributed by atoms with Crippen molar-refractivity contribution in [3.05, 3.63) is 34.1 Å². The summed E-state index contributed by atoms with van der Waals surface area (Å²) in [5.41, 5.74) is 0.359. The molecule has 0 heterocycles. The minimum atomic E-state index is -0.429. The molecule has 0 N–H and O–H groups in total. The van der Waals surface area contributed by atoms with Crippen molar-refractivity contribution in [2.75, 3.05) is 26.8 Å². The van der Waals surface area contributed by atoms with E-state index in [-0.39, 0.29) is 5.91 Å². The van der Waals surface area contributed by atoms with Gasteiger partial charge in [0, 0.05) is 25.8 Å². The van der Waals surface area contributed by atoms with Crippen LogP contribution < -0.4 is 0 Å². The summed E-state index contributed by atoms with van der Waals surface area (Å²) in [6.45, 7) is 5.67. The van der Waals surface area contributed by atoms with Crippen molar-refractivity contribution in [1.82, 2.24) is 4.90 Å². The minimum absolute atomic E-state index is 0.169. The number of rotatable bonds is 6. The maximum absolute atomic E-state index is 13.5. The molecular weight excluding hydrogens is 313 g/mol. The Balaban J connectivity index is 2.87. The van der Waals surface area contributed by atoms with E-state index in [1.165, 1.54) is 6.07 Å². The van der Waals surface area contributed by atoms with Crippen LogP contribution in [0.2, 0.25) is 0 Å². The second-order valence-corrected chi connectivity index (χ2v) is 5.62. The van der Waals surface area contributed by atoms with E-state index in [2.05, 4.69) is 15.9 Å². The first-order chi connectivity index (χ1) is 8.95. The van der Waals surface area contributed by atoms with Gasteiger partial charge in [-0.3, -0.25) is 4.79 Å². The summed E-state index contributed by atoms with van der Waals surface area (Å²) in [5.74, 6) is -0.250. The molecule has 0 aromatic heterocycles. The van der Waals surface area contributed by atoms with E-state index in [0.29, 0.717) is 35.7 Å². The largest absolute Gasteiger partial charge is 0.383 e. The Morgan fingerprint density at radius 3 is 2.68 bits per heavy atom. The molecule has 106 valence electrons. The van der Waals surface area contributed by atoms with Crippen LogP contribution in [0.25, 0.3) is 0 Å². The van der Waals surface area contributed by atoms with Gasteiger partial charge in [0.2, 0.25) is 0 Å². The van der Waals surface area contributed by atoms with Crippen LogP contribution in [0.1, 0.15) is 24.2 Å². The third-order valence-corrected chi connectivity index (χ3v) is 3.25. The Bertz CT molecular complexity index is 437. The lowest BCUT2D eigenvalue weighted by Gasteiger charge is -2.24. The maximum atomic E-state index is 13.5. The Kier molecular flexibility index (Phi) is 6.45. The fourth-order valence-corrected chi connectivity index (χ4v) is 1.98. The molecule has 0 bridgehead atoms. The van der Waals surface area contributed by atoms with Crippen LogP contribution in [-0.2, 0) is 4.74 Å². The molecule has 0 radical (unpaired) electrons. The number of carbonyl (C=O) groups excluding carboxylic acids is 1. The molecule has 0 spiro atoms. The lowest BCUT2D eigenvalue weighted by atomic mass is 10.1. The number of hydrogen-bond donors (Lipinski definition) is 0. The average Bonchev–Trinajstić information content (AvgIpc) is 2.36. The highest BCUT2D eigenvalue weighted by molar-refractivity contribution is 9.10. The highest BCUT2D eigenvalue weighted by Gasteiger charge is 2.17. The lowest BCUT2D eigenvalue weighted by molar-refractivity contribution is 0.0672. The zero-order valence-corrected chi connectivity index (χ0v) is 13.0. The standard InChI is InChI=1S/C14H19BrFNO2/c1-10(2)9-17(6-7-19-3)14(18)11-4-5-12(15)13(16)8-11/h4-5,8,10H,6-7,9H2,1-3H3. The molecule has 0 unspecified atom stereocenters. The molecule has 1 amide bonds. The third-order valence-electron chi connectivity index (χ3n) is 2.60. The summed E-state index contributed by atoms with van der Waals surface area (Å²) in [4.78, 5) is 14.0. The van der Waals surface area contributed by atoms with E-state index >= 15 is 0 Å². The predicted octanol–water partition coefficient (Wildman–Crippen LogP) is 3.33. The van der Waals surface area contributed by atoms with Crippen molar-refractivity contribution in [1.29, 1.82) is 0 Å². The van der Waals surface area contributed by atoms with Gasteiger partial charge in [-0.05, 0) is 40.0 Å². The van der Waals surface area contributed by atoms with Gasteiger partial charge in [0.1, 0.15) is 5.82 Å². The van der Waals surface area contributed by atoms with Gasteiger partial charge in [0.05, 0.1) is 11.1 Å². The highest BCUT2D eigenvalue weighted by Crippen LogP contribution is 2.18. The summed E-state index contributed by atoms with van der Waals surface area (Å²) >= 11 is 3.08. The Hall–Kier alpha value is -0.940. The highest BCUT2D eigenvalue weighted by atomic mass is 79.9. The Morgan fingerprint density at radius 1 is 1.47 bits per heavy atom. The van der Waals surface area contributed by atoms with Crippen LogP contribution in [0, 0.1) is 11.7 Å². The number of halogens is 2. The molecule has 1 aromatic carbocycles. The number of hydrogen-bond acceptors (Lipinski definition) is 2. The number of carbonyl (C=O) groups is 1. The van der Waals surface area contributed by atoms with E-state index in [9.17, 15) is 9.18 Å². The predicted molar refractivity (Wildman–Crippen MR) is 76.7 cm³/mol. The van der Waals surface area contributed by atoms with Crippen molar-refractivity contribution >= 4 is 21.8 Å². The topological polar surface area (TPSA) is 29.5 Å². The van der Waals surface area contributed by atoms with Gasteiger partial charge in [-0.25, -0.2) is 4.39 Å². The van der Waals surface area contributed by atoms with E-state index < -0.39 is 5.82 Å². The Morgan fingerprint density at radius 2 is 2.16 bits per heavy atom. The summed E-state index contributed by atoms with van der Waals surface area (Å²) in [6.07, 6.45) is 0. The van der Waals surface area contributed by atoms with Gasteiger partial charge >= 0.3 is 0 Å². The smallest absolute Gasteiger partial charge is 0.254 e. The molecule has 0 fully saturated rings. The quantitative estimate of drug-likeness (QED) is 0.800. The van der Waals surface area contributed by atoms with Crippen molar-refractivity contribution in [3.63, 3.8) is 0 Å². The third kappa shape index (κ3) is 4.91. The van der Waals surface area contributed by atoms with Crippen LogP contribution in [0.15, 0.2) is 22.7 Å². The van der Waals surface area contributed by atoms with Gasteiger partial charge in [-0.15, -0.1) is 0 Å². The van der Waals surface area contributed by atoms with Crippen LogP contribution >= 0.6 is 15.9 Å². The summed E-state index contributed by atoms with van der Waals surface area (Å²) < 4.78 is 18.8. The van der Waals surface area contributed by atoms with Crippen LogP contribution in [0.4, 0.5) is 4.39 Å². The zero-order chi connectivity index (χ0) is 14.4. The summed E-state index contributed by atoms with van der Waals surface area (Å²) in [6, 6.07) is 4.43. The van der Waals surface area contributed by atoms with E-state index in [1.54, 1.807) is 24.1 Å². The van der Waals surface area contributed by atoms with Crippen LogP contribution in [-0.4, -0.2) is 37.6 Å². The number of benzene rings is 1. The molecule has 0 saturated heterocycles. The first kappa shape index (κ1) is 16.1. The SMILES string of the molecule is COCCN(CC(C)C)C(=O)c1ccc(Br)c(F)c1. The number of methoxy groups -OCH3 is 1. The van der Waals surface area contributed by atoms with Crippen LogP contribution in [0.5, 0.6) is 0 Å². The summed E-state index contributed by atoms with van der Waals surface area (Å²) in [7, 11) is 1.59. The molecule has 0 aliphatic rings. The minimum Gasteiger partial charge on any atom is -0.383 e. The molecule has 0 saturated carbocycles. The molecule has 1 aromatic rings. The molecule has 0 aliphatic heterocycles. The maximum Gasteiger partial charge on any atom is 0.254 e. The number of ether oxygens (including phenoxy) is 1. The molecular formula is C14H19BrFNO2. The Labute approximate surface area is 121 Å². The molecule has 3 nitrogen and oxygen atoms in total. The molecule has 0 atom stereocenters. The van der Waals surface area contributed by atoms with E-state index in [1.807, 2.05) is 13.8 Å². The first-order valence-corrected chi connectivity index (χ1v) is 6.98. The van der Waals surface area contributed by atoms with E-state index in [0.717, 1.165) is 0 Å². The fraction of sp³-hybridized carbons (Fsp3) is 0.500. The van der Waals surface area contributed by atoms with Gasteiger partial charge < -0.3 is 9.64 Å². The second-order valence-electron chi connectivity index (χ2n) is 4.77. The van der Waals surface area contributed by atoms with Crippen molar-refractivity contribution in [2.24, 2.45) is 5.92 Å². The number of amides is 1. The van der Waals surface area contributed by atoms with Gasteiger partial charge in [-0.1, -0.05) is 13.8 Å². The van der Waals surface area contributed by atoms with Crippen molar-refractivity contribution in [2.45, 2.75) is 13.8 Å². The van der Waals surface area contributed by atoms with Gasteiger partial charge in [-0.2, -0.15) is 0 Å². The van der Waals surface area contributed by atoms with E-state index in [4.69, 9.17) is 4.74 Å². The molecule has 0 aliphatic carbocycles. The van der Waals surface area contributed by atoms with Crippen LogP contribution in [0.3, 0.4) is 0 Å². The average molecular weight is 332 g/mol. The van der Waals surface area contributed by atoms with Crippen molar-refractivity contribution < 1.29 is 13.9 Å².